The molecule has 0 bridgehead atoms. The molecule has 0 spiro atoms. The highest BCUT2D eigenvalue weighted by molar-refractivity contribution is 5.98. The molecule has 1 aliphatic heterocycles. The lowest BCUT2D eigenvalue weighted by atomic mass is 9.96. The van der Waals surface area contributed by atoms with Crippen molar-refractivity contribution in [2.45, 2.75) is 13.0 Å². The topological polar surface area (TPSA) is 20.0 Å². The highest BCUT2D eigenvalue weighted by Gasteiger charge is 2.29. The number of hydrogen-bond acceptors (Lipinski definition) is 2. The number of rotatable bonds is 5. The molecule has 0 atom stereocenters. The summed E-state index contributed by atoms with van der Waals surface area (Å²) >= 11 is 0. The van der Waals surface area contributed by atoms with Gasteiger partial charge in [-0.05, 0) is 12.5 Å². The molecule has 1 heterocycles. The zero-order valence-corrected chi connectivity index (χ0v) is 16.5. The fourth-order valence-electron chi connectivity index (χ4n) is 4.07. The summed E-state index contributed by atoms with van der Waals surface area (Å²) in [7, 11) is 0. The van der Waals surface area contributed by atoms with Gasteiger partial charge in [-0.15, -0.1) is 0 Å². The van der Waals surface area contributed by atoms with Gasteiger partial charge in [0.25, 0.3) is 0 Å². The van der Waals surface area contributed by atoms with Crippen LogP contribution in [-0.4, -0.2) is 36.9 Å². The van der Waals surface area contributed by atoms with Gasteiger partial charge in [-0.1, -0.05) is 91.0 Å². The van der Waals surface area contributed by atoms with Crippen LogP contribution >= 0.6 is 0 Å². The van der Waals surface area contributed by atoms with Gasteiger partial charge >= 0.3 is 0 Å². The molecule has 0 radical (unpaired) electrons. The van der Waals surface area contributed by atoms with E-state index in [9.17, 15) is 0 Å². The number of benzene rings is 3. The molecule has 3 nitrogen and oxygen atoms in total. The zero-order valence-electron chi connectivity index (χ0n) is 16.5. The molecule has 1 N–H and O–H groups in total. The van der Waals surface area contributed by atoms with E-state index >= 15 is 0 Å². The minimum atomic E-state index is 0.378. The van der Waals surface area contributed by atoms with Gasteiger partial charge in [-0.3, -0.25) is 5.01 Å². The average Bonchev–Trinajstić information content (AvgIpc) is 2.77. The van der Waals surface area contributed by atoms with Gasteiger partial charge in [0, 0.05) is 11.1 Å². The fraction of sp³-hybridized carbons (Fsp3) is 0.240. The Labute approximate surface area is 167 Å². The normalized spacial score (nSPS) is 15.8. The van der Waals surface area contributed by atoms with Crippen molar-refractivity contribution in [1.29, 1.82) is 0 Å². The van der Waals surface area contributed by atoms with Crippen molar-refractivity contribution in [3.05, 3.63) is 108 Å². The van der Waals surface area contributed by atoms with Crippen molar-refractivity contribution in [1.82, 2.24) is 5.01 Å². The molecule has 1 fully saturated rings. The Morgan fingerprint density at radius 2 is 1.21 bits per heavy atom. The van der Waals surface area contributed by atoms with E-state index in [1.807, 2.05) is 6.07 Å². The van der Waals surface area contributed by atoms with Crippen LogP contribution in [-0.2, 0) is 0 Å². The maximum absolute atomic E-state index is 4.88. The van der Waals surface area contributed by atoms with E-state index in [0.717, 1.165) is 31.9 Å². The first-order chi connectivity index (χ1) is 13.8. The van der Waals surface area contributed by atoms with Crippen LogP contribution in [0.25, 0.3) is 0 Å². The number of nitrogens with zero attached hydrogens (tertiary/aromatic N) is 2. The number of hydrogen-bond donors (Lipinski definition) is 1. The lowest BCUT2D eigenvalue weighted by Gasteiger charge is -2.36. The highest BCUT2D eigenvalue weighted by Crippen LogP contribution is 2.19. The molecular weight excluding hydrogens is 342 g/mol. The molecule has 0 saturated carbocycles. The van der Waals surface area contributed by atoms with E-state index in [1.54, 1.807) is 4.90 Å². The molecule has 3 aromatic rings. The lowest BCUT2D eigenvalue weighted by molar-refractivity contribution is -0.929. The summed E-state index contributed by atoms with van der Waals surface area (Å²) in [6, 6.07) is 32.6. The van der Waals surface area contributed by atoms with Crippen LogP contribution in [0.2, 0.25) is 0 Å². The molecule has 0 aliphatic carbocycles. The van der Waals surface area contributed by atoms with E-state index in [2.05, 4.69) is 96.9 Å². The molecule has 0 unspecified atom stereocenters. The van der Waals surface area contributed by atoms with Crippen LogP contribution in [0, 0.1) is 0 Å². The van der Waals surface area contributed by atoms with E-state index in [0.29, 0.717) is 6.04 Å². The number of nitrogens with one attached hydrogen (secondary N) is 1. The first kappa shape index (κ1) is 18.5. The fourth-order valence-corrected chi connectivity index (χ4v) is 4.07. The lowest BCUT2D eigenvalue weighted by Crippen LogP contribution is -3.15. The first-order valence-electron chi connectivity index (χ1n) is 10.1. The van der Waals surface area contributed by atoms with Crippen molar-refractivity contribution in [2.24, 2.45) is 5.10 Å². The molecule has 28 heavy (non-hydrogen) atoms. The highest BCUT2D eigenvalue weighted by atomic mass is 15.5. The average molecular weight is 371 g/mol. The summed E-state index contributed by atoms with van der Waals surface area (Å²) in [5.41, 5.74) is 5.07. The third-order valence-corrected chi connectivity index (χ3v) is 5.54. The van der Waals surface area contributed by atoms with Crippen LogP contribution in [0.4, 0.5) is 0 Å². The van der Waals surface area contributed by atoms with Gasteiger partial charge in [0.1, 0.15) is 6.04 Å². The van der Waals surface area contributed by atoms with E-state index in [4.69, 9.17) is 5.10 Å². The second-order valence-electron chi connectivity index (χ2n) is 7.42. The maximum atomic E-state index is 4.88. The van der Waals surface area contributed by atoms with Crippen molar-refractivity contribution in [3.63, 3.8) is 0 Å². The zero-order chi connectivity index (χ0) is 19.2. The summed E-state index contributed by atoms with van der Waals surface area (Å²) in [6.45, 7) is 6.23. The van der Waals surface area contributed by atoms with E-state index in [-0.39, 0.29) is 0 Å². The van der Waals surface area contributed by atoms with Crippen molar-refractivity contribution >= 4 is 5.71 Å². The second-order valence-corrected chi connectivity index (χ2v) is 7.42. The van der Waals surface area contributed by atoms with E-state index in [1.165, 1.54) is 16.7 Å². The van der Waals surface area contributed by atoms with Crippen LogP contribution in [0.5, 0.6) is 0 Å². The summed E-state index contributed by atoms with van der Waals surface area (Å²) in [6.07, 6.45) is 0. The Morgan fingerprint density at radius 3 is 1.71 bits per heavy atom. The smallest absolute Gasteiger partial charge is 0.139 e. The van der Waals surface area contributed by atoms with Gasteiger partial charge in [0.05, 0.1) is 31.9 Å². The molecule has 4 rings (SSSR count). The number of hydrazone groups is 1. The Kier molecular flexibility index (Phi) is 5.83. The van der Waals surface area contributed by atoms with Crippen LogP contribution in [0.15, 0.2) is 96.1 Å². The van der Waals surface area contributed by atoms with Crippen molar-refractivity contribution in [3.8, 4) is 0 Å². The Hall–Kier alpha value is -2.91. The predicted octanol–water partition coefficient (Wildman–Crippen LogP) is 3.40. The standard InChI is InChI=1S/C25H27N3/c1-21(22-11-5-2-6-12-22)26-28-19-17-27(18-20-28)25(23-13-7-3-8-14-23)24-15-9-4-10-16-24/h2-16,25H,17-20H2,1H3/p+1/b26-21+. The minimum absolute atomic E-state index is 0.378. The van der Waals surface area contributed by atoms with Gasteiger partial charge in [-0.25, -0.2) is 0 Å². The molecule has 0 amide bonds. The molecule has 3 heteroatoms. The van der Waals surface area contributed by atoms with Gasteiger partial charge in [0.2, 0.25) is 0 Å². The number of quaternary nitrogens is 1. The van der Waals surface area contributed by atoms with Gasteiger partial charge in [-0.2, -0.15) is 5.10 Å². The molecule has 1 saturated heterocycles. The van der Waals surface area contributed by atoms with Gasteiger partial charge in [0.15, 0.2) is 0 Å². The largest absolute Gasteiger partial charge is 0.322 e. The van der Waals surface area contributed by atoms with E-state index < -0.39 is 0 Å². The van der Waals surface area contributed by atoms with Crippen LogP contribution < -0.4 is 4.90 Å². The summed E-state index contributed by atoms with van der Waals surface area (Å²) < 4.78 is 0. The first-order valence-corrected chi connectivity index (χ1v) is 10.1. The number of piperazine rings is 1. The van der Waals surface area contributed by atoms with Crippen molar-refractivity contribution in [2.75, 3.05) is 26.2 Å². The Morgan fingerprint density at radius 1 is 0.750 bits per heavy atom. The SMILES string of the molecule is C/C(=N\N1CC[NH+](C(c2ccccc2)c2ccccc2)CC1)c1ccccc1. The Balaban J connectivity index is 1.49. The summed E-state index contributed by atoms with van der Waals surface area (Å²) in [4.78, 5) is 1.61. The monoisotopic (exact) mass is 370 g/mol. The third kappa shape index (κ3) is 4.32. The summed E-state index contributed by atoms with van der Waals surface area (Å²) in [5.74, 6) is 0. The maximum Gasteiger partial charge on any atom is 0.139 e. The molecular formula is C25H28N3+. The third-order valence-electron chi connectivity index (χ3n) is 5.54. The Bertz CT molecular complexity index is 843. The molecule has 142 valence electrons. The second kappa shape index (κ2) is 8.85. The quantitative estimate of drug-likeness (QED) is 0.683. The van der Waals surface area contributed by atoms with Crippen LogP contribution in [0.1, 0.15) is 29.7 Å². The van der Waals surface area contributed by atoms with Crippen molar-refractivity contribution < 1.29 is 4.90 Å². The van der Waals surface area contributed by atoms with Crippen LogP contribution in [0.3, 0.4) is 0 Å². The molecule has 1 aliphatic rings. The molecule has 0 aromatic heterocycles. The predicted molar refractivity (Wildman–Crippen MR) is 116 cm³/mol. The molecule has 3 aromatic carbocycles. The van der Waals surface area contributed by atoms with Gasteiger partial charge < -0.3 is 4.90 Å². The minimum Gasteiger partial charge on any atom is -0.322 e. The summed E-state index contributed by atoms with van der Waals surface area (Å²) in [5, 5.41) is 7.12.